The number of aromatic amines is 1. The van der Waals surface area contributed by atoms with E-state index in [-0.39, 0.29) is 0 Å². The van der Waals surface area contributed by atoms with E-state index in [1.54, 1.807) is 0 Å². The van der Waals surface area contributed by atoms with Gasteiger partial charge in [-0.05, 0) is 49.4 Å². The zero-order valence-corrected chi connectivity index (χ0v) is 17.3. The number of aryl methyl sites for hydroxylation is 1. The van der Waals surface area contributed by atoms with E-state index >= 15 is 0 Å². The third-order valence-electron chi connectivity index (χ3n) is 5.74. The molecular formula is C23H25N7. The van der Waals surface area contributed by atoms with E-state index in [1.165, 1.54) is 11.3 Å². The lowest BCUT2D eigenvalue weighted by molar-refractivity contribution is 0.313. The number of hydrogen-bond donors (Lipinski definition) is 2. The summed E-state index contributed by atoms with van der Waals surface area (Å²) in [7, 11) is 2.18. The minimum Gasteiger partial charge on any atom is -0.369 e. The first-order valence-corrected chi connectivity index (χ1v) is 10.2. The van der Waals surface area contributed by atoms with Crippen molar-refractivity contribution in [3.8, 4) is 11.1 Å². The van der Waals surface area contributed by atoms with Crippen molar-refractivity contribution in [2.45, 2.75) is 6.92 Å². The van der Waals surface area contributed by atoms with Crippen LogP contribution in [0.3, 0.4) is 0 Å². The Morgan fingerprint density at radius 3 is 2.60 bits per heavy atom. The Balaban J connectivity index is 1.38. The highest BCUT2D eigenvalue weighted by molar-refractivity contribution is 5.84. The Morgan fingerprint density at radius 1 is 0.967 bits per heavy atom. The van der Waals surface area contributed by atoms with Crippen LogP contribution in [0.4, 0.5) is 17.3 Å². The van der Waals surface area contributed by atoms with Gasteiger partial charge >= 0.3 is 0 Å². The summed E-state index contributed by atoms with van der Waals surface area (Å²) in [4.78, 5) is 14.0. The smallest absolute Gasteiger partial charge is 0.227 e. The quantitative estimate of drug-likeness (QED) is 0.543. The van der Waals surface area contributed by atoms with E-state index < -0.39 is 0 Å². The van der Waals surface area contributed by atoms with Crippen molar-refractivity contribution in [3.05, 3.63) is 60.6 Å². The molecule has 2 aromatic heterocycles. The van der Waals surface area contributed by atoms with E-state index in [2.05, 4.69) is 74.6 Å². The molecule has 0 saturated carbocycles. The second-order valence-electron chi connectivity index (χ2n) is 7.87. The molecule has 0 amide bonds. The first kappa shape index (κ1) is 18.6. The molecule has 2 aromatic carbocycles. The maximum absolute atomic E-state index is 4.73. The van der Waals surface area contributed by atoms with Gasteiger partial charge in [0.05, 0.1) is 11.7 Å². The number of anilines is 3. The van der Waals surface area contributed by atoms with E-state index in [0.29, 0.717) is 5.95 Å². The van der Waals surface area contributed by atoms with Crippen molar-refractivity contribution in [1.29, 1.82) is 0 Å². The number of fused-ring (bicyclic) bond motifs is 1. The van der Waals surface area contributed by atoms with Crippen LogP contribution in [0.25, 0.3) is 22.0 Å². The molecule has 0 atom stereocenters. The van der Waals surface area contributed by atoms with Crippen molar-refractivity contribution < 1.29 is 0 Å². The van der Waals surface area contributed by atoms with Crippen molar-refractivity contribution in [1.82, 2.24) is 25.1 Å². The molecule has 1 saturated heterocycles. The number of nitrogens with one attached hydrogen (secondary N) is 2. The highest BCUT2D eigenvalue weighted by atomic mass is 15.2. The van der Waals surface area contributed by atoms with Gasteiger partial charge in [0, 0.05) is 60.9 Å². The molecule has 0 spiro atoms. The number of H-pyrrole nitrogens is 1. The molecule has 1 aliphatic rings. The molecule has 30 heavy (non-hydrogen) atoms. The standard InChI is InChI=1S/C23H25N7/c1-16-11-20(30-9-7-29(2)8-10-30)5-6-21(16)27-23-24-13-18-4-3-17(12-22(18)28-23)19-14-25-26-15-19/h3-6,11-15H,7-10H2,1-2H3,(H,25,26)(H,24,27,28). The number of likely N-dealkylation sites (N-methyl/N-ethyl adjacent to an activating group) is 1. The summed E-state index contributed by atoms with van der Waals surface area (Å²) in [5.74, 6) is 0.599. The monoisotopic (exact) mass is 399 g/mol. The summed E-state index contributed by atoms with van der Waals surface area (Å²) < 4.78 is 0. The van der Waals surface area contributed by atoms with E-state index in [9.17, 15) is 0 Å². The van der Waals surface area contributed by atoms with Gasteiger partial charge in [-0.1, -0.05) is 12.1 Å². The van der Waals surface area contributed by atoms with Gasteiger partial charge in [-0.25, -0.2) is 9.97 Å². The van der Waals surface area contributed by atoms with Crippen LogP contribution >= 0.6 is 0 Å². The van der Waals surface area contributed by atoms with Crippen LogP contribution in [-0.4, -0.2) is 58.3 Å². The molecular weight excluding hydrogens is 374 g/mol. The van der Waals surface area contributed by atoms with Gasteiger partial charge in [-0.3, -0.25) is 5.10 Å². The molecule has 3 heterocycles. The van der Waals surface area contributed by atoms with Gasteiger partial charge < -0.3 is 15.1 Å². The summed E-state index contributed by atoms with van der Waals surface area (Å²) in [5.41, 5.74) is 6.50. The minimum atomic E-state index is 0.599. The Hall–Kier alpha value is -3.45. The predicted molar refractivity (Wildman–Crippen MR) is 121 cm³/mol. The van der Waals surface area contributed by atoms with Crippen LogP contribution in [0.1, 0.15) is 5.56 Å². The highest BCUT2D eigenvalue weighted by Crippen LogP contribution is 2.27. The Bertz CT molecular complexity index is 1160. The number of aromatic nitrogens is 4. The fourth-order valence-electron chi connectivity index (χ4n) is 3.84. The van der Waals surface area contributed by atoms with Crippen molar-refractivity contribution in [2.24, 2.45) is 0 Å². The number of nitrogens with zero attached hydrogens (tertiary/aromatic N) is 5. The largest absolute Gasteiger partial charge is 0.369 e. The van der Waals surface area contributed by atoms with E-state index in [0.717, 1.165) is 53.9 Å². The summed E-state index contributed by atoms with van der Waals surface area (Å²) >= 11 is 0. The normalized spacial score (nSPS) is 14.9. The topological polar surface area (TPSA) is 73.0 Å². The molecule has 1 fully saturated rings. The summed E-state index contributed by atoms with van der Waals surface area (Å²) in [6, 6.07) is 12.7. The first-order valence-electron chi connectivity index (χ1n) is 10.2. The molecule has 0 unspecified atom stereocenters. The van der Waals surface area contributed by atoms with Crippen LogP contribution < -0.4 is 10.2 Å². The van der Waals surface area contributed by atoms with Crippen LogP contribution in [0.15, 0.2) is 55.0 Å². The summed E-state index contributed by atoms with van der Waals surface area (Å²) in [5, 5.41) is 11.3. The molecule has 0 radical (unpaired) electrons. The number of hydrogen-bond acceptors (Lipinski definition) is 6. The number of rotatable bonds is 4. The SMILES string of the molecule is Cc1cc(N2CCN(C)CC2)ccc1Nc1ncc2ccc(-c3cn[nH]c3)cc2n1. The van der Waals surface area contributed by atoms with Crippen molar-refractivity contribution >= 4 is 28.2 Å². The lowest BCUT2D eigenvalue weighted by Crippen LogP contribution is -2.44. The summed E-state index contributed by atoms with van der Waals surface area (Å²) in [6.45, 7) is 6.46. The fourth-order valence-corrected chi connectivity index (χ4v) is 3.84. The lowest BCUT2D eigenvalue weighted by Gasteiger charge is -2.34. The predicted octanol–water partition coefficient (Wildman–Crippen LogP) is 3.82. The molecule has 7 nitrogen and oxygen atoms in total. The van der Waals surface area contributed by atoms with E-state index in [1.807, 2.05) is 24.7 Å². The third-order valence-corrected chi connectivity index (χ3v) is 5.74. The zero-order valence-electron chi connectivity index (χ0n) is 17.3. The molecule has 4 aromatic rings. The minimum absolute atomic E-state index is 0.599. The zero-order chi connectivity index (χ0) is 20.5. The van der Waals surface area contributed by atoms with E-state index in [4.69, 9.17) is 4.98 Å². The van der Waals surface area contributed by atoms with Crippen molar-refractivity contribution in [3.63, 3.8) is 0 Å². The molecule has 0 bridgehead atoms. The molecule has 152 valence electrons. The molecule has 7 heteroatoms. The maximum Gasteiger partial charge on any atom is 0.227 e. The highest BCUT2D eigenvalue weighted by Gasteiger charge is 2.15. The average Bonchev–Trinajstić information content (AvgIpc) is 3.30. The van der Waals surface area contributed by atoms with Crippen LogP contribution in [-0.2, 0) is 0 Å². The van der Waals surface area contributed by atoms with Crippen LogP contribution in [0.5, 0.6) is 0 Å². The summed E-state index contributed by atoms with van der Waals surface area (Å²) in [6.07, 6.45) is 5.55. The van der Waals surface area contributed by atoms with Gasteiger partial charge in [0.25, 0.3) is 0 Å². The fraction of sp³-hybridized carbons (Fsp3) is 0.261. The Kier molecular flexibility index (Phi) is 4.80. The molecule has 0 aliphatic carbocycles. The first-order chi connectivity index (χ1) is 14.7. The van der Waals surface area contributed by atoms with Crippen molar-refractivity contribution in [2.75, 3.05) is 43.4 Å². The Morgan fingerprint density at radius 2 is 1.83 bits per heavy atom. The second kappa shape index (κ2) is 7.76. The number of benzene rings is 2. The van der Waals surface area contributed by atoms with Gasteiger partial charge in [0.1, 0.15) is 0 Å². The Labute approximate surface area is 175 Å². The van der Waals surface area contributed by atoms with Gasteiger partial charge in [0.2, 0.25) is 5.95 Å². The third kappa shape index (κ3) is 3.71. The lowest BCUT2D eigenvalue weighted by atomic mass is 10.1. The van der Waals surface area contributed by atoms with Gasteiger partial charge in [0.15, 0.2) is 0 Å². The molecule has 5 rings (SSSR count). The number of piperazine rings is 1. The van der Waals surface area contributed by atoms with Gasteiger partial charge in [-0.15, -0.1) is 0 Å². The average molecular weight is 400 g/mol. The molecule has 2 N–H and O–H groups in total. The molecule has 1 aliphatic heterocycles. The second-order valence-corrected chi connectivity index (χ2v) is 7.87. The van der Waals surface area contributed by atoms with Gasteiger partial charge in [-0.2, -0.15) is 5.10 Å². The maximum atomic E-state index is 4.73. The van der Waals surface area contributed by atoms with Crippen LogP contribution in [0.2, 0.25) is 0 Å². The van der Waals surface area contributed by atoms with Crippen LogP contribution in [0, 0.1) is 6.92 Å².